The molecule has 3 aromatic rings. The van der Waals surface area contributed by atoms with Gasteiger partial charge >= 0.3 is 0 Å². The number of nitrogens with zero attached hydrogens (tertiary/aromatic N) is 1. The zero-order valence-corrected chi connectivity index (χ0v) is 17.5. The third-order valence-electron chi connectivity index (χ3n) is 4.72. The average molecular weight is 402 g/mol. The number of rotatable bonds is 7. The van der Waals surface area contributed by atoms with E-state index in [4.69, 9.17) is 4.74 Å². The third-order valence-corrected chi connectivity index (χ3v) is 4.72. The van der Waals surface area contributed by atoms with Crippen molar-refractivity contribution in [3.05, 3.63) is 89.5 Å². The van der Waals surface area contributed by atoms with Gasteiger partial charge in [-0.3, -0.25) is 9.59 Å². The fourth-order valence-corrected chi connectivity index (χ4v) is 3.14. The average Bonchev–Trinajstić information content (AvgIpc) is 2.76. The highest BCUT2D eigenvalue weighted by molar-refractivity contribution is 6.07. The molecular weight excluding hydrogens is 376 g/mol. The van der Waals surface area contributed by atoms with Crippen molar-refractivity contribution in [1.29, 1.82) is 0 Å². The summed E-state index contributed by atoms with van der Waals surface area (Å²) >= 11 is 0. The molecule has 0 radical (unpaired) electrons. The van der Waals surface area contributed by atoms with Gasteiger partial charge in [-0.1, -0.05) is 36.4 Å². The number of aryl methyl sites for hydroxylation is 2. The summed E-state index contributed by atoms with van der Waals surface area (Å²) in [6.07, 6.45) is 0. The van der Waals surface area contributed by atoms with Crippen molar-refractivity contribution in [2.45, 2.75) is 20.8 Å². The predicted molar refractivity (Wildman–Crippen MR) is 120 cm³/mol. The summed E-state index contributed by atoms with van der Waals surface area (Å²) in [5, 5.41) is 2.80. The number of hydrogen-bond donors (Lipinski definition) is 1. The number of para-hydroxylation sites is 1. The first-order chi connectivity index (χ1) is 14.5. The molecule has 0 atom stereocenters. The van der Waals surface area contributed by atoms with E-state index in [0.717, 1.165) is 16.8 Å². The van der Waals surface area contributed by atoms with Gasteiger partial charge in [0.15, 0.2) is 6.61 Å². The van der Waals surface area contributed by atoms with Crippen LogP contribution in [-0.4, -0.2) is 25.0 Å². The van der Waals surface area contributed by atoms with Crippen LogP contribution in [0, 0.1) is 13.8 Å². The summed E-state index contributed by atoms with van der Waals surface area (Å²) in [5.41, 5.74) is 3.94. The van der Waals surface area contributed by atoms with Crippen molar-refractivity contribution >= 4 is 23.2 Å². The van der Waals surface area contributed by atoms with E-state index in [1.165, 1.54) is 0 Å². The highest BCUT2D eigenvalue weighted by Crippen LogP contribution is 2.20. The summed E-state index contributed by atoms with van der Waals surface area (Å²) in [6, 6.07) is 22.3. The van der Waals surface area contributed by atoms with Crippen LogP contribution < -0.4 is 15.0 Å². The molecule has 2 amide bonds. The van der Waals surface area contributed by atoms with Crippen LogP contribution in [0.3, 0.4) is 0 Å². The SMILES string of the molecule is CCN(C(=O)c1cccc(NC(=O)COc2cc(C)ccc2C)c1)c1ccccc1. The second-order valence-electron chi connectivity index (χ2n) is 7.07. The molecule has 0 aliphatic carbocycles. The minimum Gasteiger partial charge on any atom is -0.483 e. The number of benzene rings is 3. The van der Waals surface area contributed by atoms with Gasteiger partial charge in [0, 0.05) is 23.5 Å². The molecule has 3 aromatic carbocycles. The Labute approximate surface area is 177 Å². The van der Waals surface area contributed by atoms with E-state index < -0.39 is 0 Å². The molecule has 0 saturated heterocycles. The fraction of sp³-hybridized carbons (Fsp3) is 0.200. The largest absolute Gasteiger partial charge is 0.483 e. The van der Waals surface area contributed by atoms with Crippen molar-refractivity contribution in [3.63, 3.8) is 0 Å². The van der Waals surface area contributed by atoms with Gasteiger partial charge in [0.05, 0.1) is 0 Å². The van der Waals surface area contributed by atoms with Crippen molar-refractivity contribution in [2.24, 2.45) is 0 Å². The molecule has 154 valence electrons. The maximum atomic E-state index is 13.0. The first kappa shape index (κ1) is 21.1. The maximum absolute atomic E-state index is 13.0. The molecule has 0 spiro atoms. The minimum absolute atomic E-state index is 0.104. The lowest BCUT2D eigenvalue weighted by atomic mass is 10.1. The zero-order chi connectivity index (χ0) is 21.5. The Bertz CT molecular complexity index is 1030. The van der Waals surface area contributed by atoms with Crippen LogP contribution >= 0.6 is 0 Å². The molecule has 0 aliphatic heterocycles. The Morgan fingerprint density at radius 2 is 1.70 bits per heavy atom. The first-order valence-electron chi connectivity index (χ1n) is 9.95. The molecule has 0 fully saturated rings. The summed E-state index contributed by atoms with van der Waals surface area (Å²) in [7, 11) is 0. The minimum atomic E-state index is -0.282. The molecule has 0 aromatic heterocycles. The number of anilines is 2. The summed E-state index contributed by atoms with van der Waals surface area (Å²) in [4.78, 5) is 27.0. The second-order valence-corrected chi connectivity index (χ2v) is 7.07. The quantitative estimate of drug-likeness (QED) is 0.606. The van der Waals surface area contributed by atoms with Crippen molar-refractivity contribution in [3.8, 4) is 5.75 Å². The van der Waals surface area contributed by atoms with E-state index in [9.17, 15) is 9.59 Å². The molecule has 0 heterocycles. The van der Waals surface area contributed by atoms with Crippen molar-refractivity contribution in [1.82, 2.24) is 0 Å². The highest BCUT2D eigenvalue weighted by atomic mass is 16.5. The van der Waals surface area contributed by atoms with Crippen LogP contribution in [0.2, 0.25) is 0 Å². The molecule has 1 N–H and O–H groups in total. The molecule has 0 bridgehead atoms. The van der Waals surface area contributed by atoms with E-state index in [0.29, 0.717) is 23.5 Å². The molecule has 0 unspecified atom stereocenters. The molecule has 0 saturated carbocycles. The molecular formula is C25H26N2O3. The van der Waals surface area contributed by atoms with Crippen LogP contribution in [0.5, 0.6) is 5.75 Å². The number of carbonyl (C=O) groups excluding carboxylic acids is 2. The molecule has 0 aliphatic rings. The van der Waals surface area contributed by atoms with Crippen LogP contribution in [0.4, 0.5) is 11.4 Å². The predicted octanol–water partition coefficient (Wildman–Crippen LogP) is 4.99. The maximum Gasteiger partial charge on any atom is 0.262 e. The normalized spacial score (nSPS) is 10.4. The molecule has 3 rings (SSSR count). The van der Waals surface area contributed by atoms with E-state index in [-0.39, 0.29) is 18.4 Å². The van der Waals surface area contributed by atoms with E-state index in [1.807, 2.05) is 69.3 Å². The first-order valence-corrected chi connectivity index (χ1v) is 9.95. The molecule has 30 heavy (non-hydrogen) atoms. The Balaban J connectivity index is 1.66. The van der Waals surface area contributed by atoms with Crippen LogP contribution in [0.25, 0.3) is 0 Å². The Hall–Kier alpha value is -3.60. The van der Waals surface area contributed by atoms with Gasteiger partial charge in [-0.05, 0) is 68.3 Å². The summed E-state index contributed by atoms with van der Waals surface area (Å²) < 4.78 is 5.66. The Kier molecular flexibility index (Phi) is 6.86. The van der Waals surface area contributed by atoms with E-state index >= 15 is 0 Å². The van der Waals surface area contributed by atoms with Gasteiger partial charge in [0.25, 0.3) is 11.8 Å². The molecule has 5 nitrogen and oxygen atoms in total. The van der Waals surface area contributed by atoms with E-state index in [1.54, 1.807) is 29.2 Å². The monoisotopic (exact) mass is 402 g/mol. The Morgan fingerprint density at radius 1 is 0.933 bits per heavy atom. The number of ether oxygens (including phenoxy) is 1. The number of amides is 2. The van der Waals surface area contributed by atoms with Crippen LogP contribution in [-0.2, 0) is 4.79 Å². The highest BCUT2D eigenvalue weighted by Gasteiger charge is 2.16. The van der Waals surface area contributed by atoms with Gasteiger partial charge in [0.1, 0.15) is 5.75 Å². The number of carbonyl (C=O) groups is 2. The second kappa shape index (κ2) is 9.74. The van der Waals surface area contributed by atoms with Crippen molar-refractivity contribution in [2.75, 3.05) is 23.4 Å². The third kappa shape index (κ3) is 5.26. The van der Waals surface area contributed by atoms with Crippen molar-refractivity contribution < 1.29 is 14.3 Å². The summed E-state index contributed by atoms with van der Waals surface area (Å²) in [5.74, 6) is 0.290. The topological polar surface area (TPSA) is 58.6 Å². The van der Waals surface area contributed by atoms with Gasteiger partial charge in [0.2, 0.25) is 0 Å². The van der Waals surface area contributed by atoms with E-state index in [2.05, 4.69) is 5.32 Å². The van der Waals surface area contributed by atoms with Crippen LogP contribution in [0.15, 0.2) is 72.8 Å². The number of nitrogens with one attached hydrogen (secondary N) is 1. The Morgan fingerprint density at radius 3 is 2.43 bits per heavy atom. The van der Waals surface area contributed by atoms with Crippen LogP contribution in [0.1, 0.15) is 28.4 Å². The molecule has 5 heteroatoms. The standard InChI is InChI=1S/C25H26N2O3/c1-4-27(22-11-6-5-7-12-22)25(29)20-9-8-10-21(16-20)26-24(28)17-30-23-15-18(2)13-14-19(23)3/h5-16H,4,17H2,1-3H3,(H,26,28). The lowest BCUT2D eigenvalue weighted by molar-refractivity contribution is -0.118. The number of hydrogen-bond acceptors (Lipinski definition) is 3. The van der Waals surface area contributed by atoms with Gasteiger partial charge in [-0.2, -0.15) is 0 Å². The fourth-order valence-electron chi connectivity index (χ4n) is 3.14. The lowest BCUT2D eigenvalue weighted by Crippen LogP contribution is -2.30. The van der Waals surface area contributed by atoms with Gasteiger partial charge in [-0.15, -0.1) is 0 Å². The van der Waals surface area contributed by atoms with Gasteiger partial charge in [-0.25, -0.2) is 0 Å². The smallest absolute Gasteiger partial charge is 0.262 e. The lowest BCUT2D eigenvalue weighted by Gasteiger charge is -2.21. The zero-order valence-electron chi connectivity index (χ0n) is 17.5. The van der Waals surface area contributed by atoms with Gasteiger partial charge < -0.3 is 15.0 Å². The summed E-state index contributed by atoms with van der Waals surface area (Å²) in [6.45, 7) is 6.29.